The molecule has 3 rings (SSSR count). The lowest BCUT2D eigenvalue weighted by molar-refractivity contribution is 0.343. The van der Waals surface area contributed by atoms with Gasteiger partial charge in [0, 0.05) is 18.3 Å². The smallest absolute Gasteiger partial charge is 0.147 e. The molecular formula is C16H21ClN2OS. The standard InChI is InChI=1S/C16H21ClN2OS/c1-2-20-14-5-3-4-13-16(14)18-15(6-9-17)19(13)12-7-10-21-11-8-12/h3-5,12H,2,6-11H2,1H3. The second-order valence-electron chi connectivity index (χ2n) is 5.24. The number of aromatic nitrogens is 2. The van der Waals surface area contributed by atoms with E-state index < -0.39 is 0 Å². The molecule has 1 aliphatic rings. The molecule has 1 fully saturated rings. The number of benzene rings is 1. The number of halogens is 1. The molecule has 0 bridgehead atoms. The van der Waals surface area contributed by atoms with E-state index in [9.17, 15) is 0 Å². The highest BCUT2D eigenvalue weighted by atomic mass is 35.5. The number of ether oxygens (including phenoxy) is 1. The van der Waals surface area contributed by atoms with Crippen LogP contribution in [0.2, 0.25) is 0 Å². The topological polar surface area (TPSA) is 27.1 Å². The molecule has 5 heteroatoms. The van der Waals surface area contributed by atoms with E-state index in [1.807, 2.05) is 24.8 Å². The van der Waals surface area contributed by atoms with Gasteiger partial charge in [0.1, 0.15) is 17.1 Å². The minimum atomic E-state index is 0.548. The molecule has 1 aliphatic heterocycles. The molecule has 0 amide bonds. The van der Waals surface area contributed by atoms with E-state index in [0.29, 0.717) is 18.5 Å². The molecule has 1 aromatic heterocycles. The summed E-state index contributed by atoms with van der Waals surface area (Å²) in [4.78, 5) is 4.84. The molecule has 1 aromatic carbocycles. The molecule has 0 aliphatic carbocycles. The van der Waals surface area contributed by atoms with Crippen molar-refractivity contribution in [1.82, 2.24) is 9.55 Å². The maximum absolute atomic E-state index is 5.99. The van der Waals surface area contributed by atoms with Crippen LogP contribution < -0.4 is 4.74 Å². The largest absolute Gasteiger partial charge is 0.492 e. The predicted molar refractivity (Wildman–Crippen MR) is 90.9 cm³/mol. The normalized spacial score (nSPS) is 16.5. The summed E-state index contributed by atoms with van der Waals surface area (Å²) < 4.78 is 8.16. The first-order chi connectivity index (χ1) is 10.3. The Bertz CT molecular complexity index is 608. The van der Waals surface area contributed by atoms with Crippen molar-refractivity contribution in [2.24, 2.45) is 0 Å². The van der Waals surface area contributed by atoms with Gasteiger partial charge < -0.3 is 9.30 Å². The molecule has 0 spiro atoms. The van der Waals surface area contributed by atoms with Crippen molar-refractivity contribution in [1.29, 1.82) is 0 Å². The van der Waals surface area contributed by atoms with Crippen molar-refractivity contribution in [2.75, 3.05) is 24.0 Å². The zero-order chi connectivity index (χ0) is 14.7. The SMILES string of the molecule is CCOc1cccc2c1nc(CCCl)n2C1CCSCC1. The van der Waals surface area contributed by atoms with Gasteiger partial charge in [-0.25, -0.2) is 4.98 Å². The van der Waals surface area contributed by atoms with Crippen LogP contribution >= 0.6 is 23.4 Å². The van der Waals surface area contributed by atoms with Crippen LogP contribution in [0.5, 0.6) is 5.75 Å². The lowest BCUT2D eigenvalue weighted by Gasteiger charge is -2.25. The Morgan fingerprint density at radius 1 is 1.38 bits per heavy atom. The second kappa shape index (κ2) is 6.93. The predicted octanol–water partition coefficient (Wildman–Crippen LogP) is 4.28. The Morgan fingerprint density at radius 3 is 2.90 bits per heavy atom. The number of aryl methyl sites for hydroxylation is 1. The Morgan fingerprint density at radius 2 is 2.19 bits per heavy atom. The van der Waals surface area contributed by atoms with Gasteiger partial charge in [0.2, 0.25) is 0 Å². The number of para-hydroxylation sites is 1. The number of rotatable bonds is 5. The number of hydrogen-bond acceptors (Lipinski definition) is 3. The van der Waals surface area contributed by atoms with Crippen LogP contribution in [0.15, 0.2) is 18.2 Å². The van der Waals surface area contributed by atoms with Crippen LogP contribution in [-0.4, -0.2) is 33.5 Å². The number of thioether (sulfide) groups is 1. The van der Waals surface area contributed by atoms with Crippen LogP contribution in [0.4, 0.5) is 0 Å². The Hall–Kier alpha value is -0.870. The monoisotopic (exact) mass is 324 g/mol. The molecule has 0 saturated carbocycles. The zero-order valence-corrected chi connectivity index (χ0v) is 13.9. The van der Waals surface area contributed by atoms with Crippen LogP contribution in [0.1, 0.15) is 31.6 Å². The lowest BCUT2D eigenvalue weighted by Crippen LogP contribution is -2.17. The average molecular weight is 325 g/mol. The molecule has 0 unspecified atom stereocenters. The van der Waals surface area contributed by atoms with Crippen molar-refractivity contribution in [3.05, 3.63) is 24.0 Å². The third-order valence-electron chi connectivity index (χ3n) is 3.93. The molecule has 0 radical (unpaired) electrons. The van der Waals surface area contributed by atoms with Crippen LogP contribution in [0.3, 0.4) is 0 Å². The van der Waals surface area contributed by atoms with Crippen molar-refractivity contribution < 1.29 is 4.74 Å². The van der Waals surface area contributed by atoms with E-state index >= 15 is 0 Å². The number of alkyl halides is 1. The summed E-state index contributed by atoms with van der Waals surface area (Å²) in [7, 11) is 0. The van der Waals surface area contributed by atoms with E-state index in [1.54, 1.807) is 0 Å². The maximum atomic E-state index is 5.99. The van der Waals surface area contributed by atoms with Gasteiger partial charge >= 0.3 is 0 Å². The summed E-state index contributed by atoms with van der Waals surface area (Å²) in [6, 6.07) is 6.77. The fourth-order valence-corrected chi connectivity index (χ4v) is 4.27. The molecule has 2 aromatic rings. The quantitative estimate of drug-likeness (QED) is 0.768. The fourth-order valence-electron chi connectivity index (χ4n) is 3.02. The molecule has 0 N–H and O–H groups in total. The minimum Gasteiger partial charge on any atom is -0.492 e. The third kappa shape index (κ3) is 3.02. The Balaban J connectivity index is 2.10. The van der Waals surface area contributed by atoms with Gasteiger partial charge in [0.15, 0.2) is 0 Å². The average Bonchev–Trinajstić information content (AvgIpc) is 2.88. The van der Waals surface area contributed by atoms with E-state index in [2.05, 4.69) is 16.7 Å². The van der Waals surface area contributed by atoms with E-state index in [1.165, 1.54) is 29.9 Å². The number of nitrogens with zero attached hydrogens (tertiary/aromatic N) is 2. The Kier molecular flexibility index (Phi) is 4.96. The fraction of sp³-hybridized carbons (Fsp3) is 0.562. The van der Waals surface area contributed by atoms with Gasteiger partial charge in [-0.15, -0.1) is 11.6 Å². The number of hydrogen-bond donors (Lipinski definition) is 0. The molecule has 1 saturated heterocycles. The number of fused-ring (bicyclic) bond motifs is 1. The first-order valence-electron chi connectivity index (χ1n) is 7.61. The summed E-state index contributed by atoms with van der Waals surface area (Å²) in [6.45, 7) is 2.67. The Labute approximate surface area is 135 Å². The highest BCUT2D eigenvalue weighted by Crippen LogP contribution is 2.34. The highest BCUT2D eigenvalue weighted by Gasteiger charge is 2.22. The maximum Gasteiger partial charge on any atom is 0.147 e. The van der Waals surface area contributed by atoms with Gasteiger partial charge in [0.25, 0.3) is 0 Å². The van der Waals surface area contributed by atoms with Crippen LogP contribution in [-0.2, 0) is 6.42 Å². The van der Waals surface area contributed by atoms with Crippen molar-refractivity contribution in [3.63, 3.8) is 0 Å². The molecular weight excluding hydrogens is 304 g/mol. The summed E-state index contributed by atoms with van der Waals surface area (Å²) in [6.07, 6.45) is 3.24. The summed E-state index contributed by atoms with van der Waals surface area (Å²) in [5.41, 5.74) is 2.18. The van der Waals surface area contributed by atoms with Crippen molar-refractivity contribution in [2.45, 2.75) is 32.2 Å². The van der Waals surface area contributed by atoms with E-state index in [-0.39, 0.29) is 0 Å². The number of imidazole rings is 1. The lowest BCUT2D eigenvalue weighted by atomic mass is 10.1. The van der Waals surface area contributed by atoms with Gasteiger partial charge in [-0.2, -0.15) is 11.8 Å². The first-order valence-corrected chi connectivity index (χ1v) is 9.30. The zero-order valence-electron chi connectivity index (χ0n) is 12.3. The molecule has 2 heterocycles. The van der Waals surface area contributed by atoms with Gasteiger partial charge in [-0.05, 0) is 43.4 Å². The van der Waals surface area contributed by atoms with E-state index in [0.717, 1.165) is 23.5 Å². The molecule has 3 nitrogen and oxygen atoms in total. The van der Waals surface area contributed by atoms with Gasteiger partial charge in [0.05, 0.1) is 12.1 Å². The summed E-state index contributed by atoms with van der Waals surface area (Å²) in [5.74, 6) is 5.05. The summed E-state index contributed by atoms with van der Waals surface area (Å²) in [5, 5.41) is 0. The van der Waals surface area contributed by atoms with Crippen LogP contribution in [0, 0.1) is 0 Å². The first kappa shape index (κ1) is 15.0. The molecule has 21 heavy (non-hydrogen) atoms. The second-order valence-corrected chi connectivity index (χ2v) is 6.84. The highest BCUT2D eigenvalue weighted by molar-refractivity contribution is 7.99. The minimum absolute atomic E-state index is 0.548. The third-order valence-corrected chi connectivity index (χ3v) is 5.17. The van der Waals surface area contributed by atoms with Crippen LogP contribution in [0.25, 0.3) is 11.0 Å². The van der Waals surface area contributed by atoms with Gasteiger partial charge in [-0.3, -0.25) is 0 Å². The van der Waals surface area contributed by atoms with Gasteiger partial charge in [-0.1, -0.05) is 6.07 Å². The van der Waals surface area contributed by atoms with E-state index in [4.69, 9.17) is 21.3 Å². The summed E-state index contributed by atoms with van der Waals surface area (Å²) >= 11 is 8.03. The molecule has 0 atom stereocenters. The van der Waals surface area contributed by atoms with Crippen molar-refractivity contribution >= 4 is 34.4 Å². The molecule has 114 valence electrons. The van der Waals surface area contributed by atoms with Crippen molar-refractivity contribution in [3.8, 4) is 5.75 Å².